The molecule has 0 radical (unpaired) electrons. The number of carboxylic acids is 1. The molecule has 0 aliphatic rings. The van der Waals surface area contributed by atoms with Gasteiger partial charge in [-0.1, -0.05) is 177 Å². The third-order valence-corrected chi connectivity index (χ3v) is 8.58. The molecule has 4 heteroatoms. The number of unbranched alkanes of at least 4 members (excludes halogenated alkanes) is 18. The number of carbonyl (C=O) groups is 1. The Hall–Kier alpha value is -3.27. The Bertz CT molecular complexity index is 1060. The lowest BCUT2D eigenvalue weighted by Crippen LogP contribution is -2.02. The molecule has 0 aromatic heterocycles. The number of phenols is 2. The van der Waals surface area contributed by atoms with Crippen LogP contribution in [-0.2, 0) is 4.79 Å². The van der Waals surface area contributed by atoms with Crippen molar-refractivity contribution in [3.8, 4) is 11.5 Å². The fraction of sp³-hybridized carbons (Fsp3) is 0.537. The number of benzene rings is 3. The molecule has 4 nitrogen and oxygen atoms in total. The predicted octanol–water partition coefficient (Wildman–Crippen LogP) is 12.2. The molecule has 0 aliphatic carbocycles. The average molecular weight is 617 g/mol. The van der Waals surface area contributed by atoms with Crippen molar-refractivity contribution < 1.29 is 20.1 Å². The molecule has 0 bridgehead atoms. The highest BCUT2D eigenvalue weighted by atomic mass is 16.4. The lowest BCUT2D eigenvalue weighted by molar-refractivity contribution is -0.137. The first-order chi connectivity index (χ1) is 22.0. The average Bonchev–Trinajstić information content (AvgIpc) is 3.05. The Kier molecular flexibility index (Phi) is 21.0. The van der Waals surface area contributed by atoms with Gasteiger partial charge in [0.05, 0.1) is 0 Å². The largest absolute Gasteiger partial charge is 0.508 e. The SMILES string of the molecule is CCCCCCCCCCCCCCCCCCCCCC(=O)O.Oc1ccc(C(c2ccccc2)c2ccc(O)cc2)cc1. The van der Waals surface area contributed by atoms with Gasteiger partial charge in [-0.3, -0.25) is 4.79 Å². The first kappa shape index (κ1) is 37.9. The summed E-state index contributed by atoms with van der Waals surface area (Å²) in [7, 11) is 0. The van der Waals surface area contributed by atoms with E-state index in [-0.39, 0.29) is 17.4 Å². The van der Waals surface area contributed by atoms with E-state index in [4.69, 9.17) is 5.11 Å². The van der Waals surface area contributed by atoms with Crippen LogP contribution in [0.3, 0.4) is 0 Å². The van der Waals surface area contributed by atoms with Gasteiger partial charge in [0.15, 0.2) is 0 Å². The number of aromatic hydroxyl groups is 2. The second kappa shape index (κ2) is 25.0. The van der Waals surface area contributed by atoms with Crippen molar-refractivity contribution in [3.63, 3.8) is 0 Å². The van der Waals surface area contributed by atoms with Gasteiger partial charge in [-0.05, 0) is 47.4 Å². The zero-order valence-corrected chi connectivity index (χ0v) is 28.0. The molecule has 0 saturated heterocycles. The van der Waals surface area contributed by atoms with Crippen LogP contribution in [0.2, 0.25) is 0 Å². The van der Waals surface area contributed by atoms with E-state index in [1.54, 1.807) is 24.3 Å². The third kappa shape index (κ3) is 18.3. The number of aliphatic carboxylic acids is 1. The highest BCUT2D eigenvalue weighted by Crippen LogP contribution is 2.33. The van der Waals surface area contributed by atoms with Gasteiger partial charge in [0, 0.05) is 12.3 Å². The Morgan fingerprint density at radius 1 is 0.467 bits per heavy atom. The first-order valence-corrected chi connectivity index (χ1v) is 17.9. The van der Waals surface area contributed by atoms with E-state index >= 15 is 0 Å². The van der Waals surface area contributed by atoms with Crippen LogP contribution in [0.4, 0.5) is 0 Å². The number of hydrogen-bond donors (Lipinski definition) is 3. The van der Waals surface area contributed by atoms with Gasteiger partial charge in [0.25, 0.3) is 0 Å². The van der Waals surface area contributed by atoms with Crippen molar-refractivity contribution in [1.82, 2.24) is 0 Å². The Balaban J connectivity index is 0.000000315. The van der Waals surface area contributed by atoms with E-state index in [1.807, 2.05) is 42.5 Å². The van der Waals surface area contributed by atoms with E-state index in [0.717, 1.165) is 24.0 Å². The number of phenolic OH excluding ortho intramolecular Hbond substituents is 2. The van der Waals surface area contributed by atoms with Gasteiger partial charge in [-0.2, -0.15) is 0 Å². The number of hydrogen-bond acceptors (Lipinski definition) is 3. The van der Waals surface area contributed by atoms with E-state index in [9.17, 15) is 15.0 Å². The molecule has 0 spiro atoms. The van der Waals surface area contributed by atoms with Crippen LogP contribution in [0, 0.1) is 0 Å². The quantitative estimate of drug-likeness (QED) is 0.0731. The van der Waals surface area contributed by atoms with Crippen LogP contribution in [0.25, 0.3) is 0 Å². The molecule has 0 aliphatic heterocycles. The molecule has 0 amide bonds. The van der Waals surface area contributed by atoms with E-state index in [2.05, 4.69) is 19.1 Å². The van der Waals surface area contributed by atoms with Gasteiger partial charge in [0.2, 0.25) is 0 Å². The summed E-state index contributed by atoms with van der Waals surface area (Å²) in [4.78, 5) is 10.4. The summed E-state index contributed by atoms with van der Waals surface area (Å²) < 4.78 is 0. The van der Waals surface area contributed by atoms with Crippen molar-refractivity contribution in [2.24, 2.45) is 0 Å². The molecule has 248 valence electrons. The Labute approximate surface area is 273 Å². The summed E-state index contributed by atoms with van der Waals surface area (Å²) >= 11 is 0. The molecule has 0 fully saturated rings. The van der Waals surface area contributed by atoms with Gasteiger partial charge < -0.3 is 15.3 Å². The van der Waals surface area contributed by atoms with Crippen molar-refractivity contribution in [1.29, 1.82) is 0 Å². The highest BCUT2D eigenvalue weighted by molar-refractivity contribution is 5.66. The van der Waals surface area contributed by atoms with E-state index in [1.165, 1.54) is 115 Å². The normalized spacial score (nSPS) is 10.9. The van der Waals surface area contributed by atoms with Crippen molar-refractivity contribution in [2.75, 3.05) is 0 Å². The summed E-state index contributed by atoms with van der Waals surface area (Å²) in [5.74, 6) is -0.0538. The van der Waals surface area contributed by atoms with Crippen LogP contribution in [0.5, 0.6) is 11.5 Å². The molecule has 3 N–H and O–H groups in total. The standard InChI is InChI=1S/C22H44O2.C19H16O2/c1-2-3-4-5-6-7-8-9-10-11-12-13-14-15-16-17-18-19-20-21-22(23)24;20-17-10-6-15(7-11-17)19(14-4-2-1-3-5-14)16-8-12-18(21)13-9-16/h2-21H2,1H3,(H,23,24);1-13,19-21H. The maximum Gasteiger partial charge on any atom is 0.303 e. The topological polar surface area (TPSA) is 77.8 Å². The molecule has 3 aromatic carbocycles. The minimum absolute atomic E-state index is 0.0763. The molecular weight excluding hydrogens is 556 g/mol. The van der Waals surface area contributed by atoms with Gasteiger partial charge in [-0.15, -0.1) is 0 Å². The highest BCUT2D eigenvalue weighted by Gasteiger charge is 2.16. The van der Waals surface area contributed by atoms with Crippen molar-refractivity contribution >= 4 is 5.97 Å². The summed E-state index contributed by atoms with van der Waals surface area (Å²) in [5, 5.41) is 27.5. The van der Waals surface area contributed by atoms with E-state index in [0.29, 0.717) is 6.42 Å². The summed E-state index contributed by atoms with van der Waals surface area (Å²) in [6.45, 7) is 2.28. The van der Waals surface area contributed by atoms with Gasteiger partial charge in [0.1, 0.15) is 11.5 Å². The molecule has 3 rings (SSSR count). The molecular formula is C41H60O4. The summed E-state index contributed by atoms with van der Waals surface area (Å²) in [6.07, 6.45) is 26.1. The molecule has 0 saturated carbocycles. The smallest absolute Gasteiger partial charge is 0.303 e. The number of rotatable bonds is 23. The molecule has 3 aromatic rings. The molecule has 0 heterocycles. The van der Waals surface area contributed by atoms with Crippen LogP contribution in [-0.4, -0.2) is 21.3 Å². The van der Waals surface area contributed by atoms with Crippen LogP contribution < -0.4 is 0 Å². The lowest BCUT2D eigenvalue weighted by atomic mass is 9.85. The van der Waals surface area contributed by atoms with E-state index < -0.39 is 5.97 Å². The minimum Gasteiger partial charge on any atom is -0.508 e. The van der Waals surface area contributed by atoms with Gasteiger partial charge >= 0.3 is 5.97 Å². The second-order valence-electron chi connectivity index (χ2n) is 12.5. The van der Waals surface area contributed by atoms with Crippen molar-refractivity contribution in [3.05, 3.63) is 95.6 Å². The first-order valence-electron chi connectivity index (χ1n) is 17.9. The number of carboxylic acid groups (broad SMARTS) is 1. The van der Waals surface area contributed by atoms with Crippen LogP contribution in [0.1, 0.15) is 158 Å². The summed E-state index contributed by atoms with van der Waals surface area (Å²) in [5.41, 5.74) is 3.38. The fourth-order valence-corrected chi connectivity index (χ4v) is 5.91. The Morgan fingerprint density at radius 3 is 1.11 bits per heavy atom. The third-order valence-electron chi connectivity index (χ3n) is 8.58. The van der Waals surface area contributed by atoms with Crippen molar-refractivity contribution in [2.45, 2.75) is 141 Å². The predicted molar refractivity (Wildman–Crippen MR) is 189 cm³/mol. The van der Waals surface area contributed by atoms with Crippen LogP contribution >= 0.6 is 0 Å². The maximum atomic E-state index is 10.4. The Morgan fingerprint density at radius 2 is 0.778 bits per heavy atom. The zero-order chi connectivity index (χ0) is 32.4. The monoisotopic (exact) mass is 616 g/mol. The molecule has 0 atom stereocenters. The maximum absolute atomic E-state index is 10.4. The fourth-order valence-electron chi connectivity index (χ4n) is 5.91. The molecule has 0 unspecified atom stereocenters. The lowest BCUT2D eigenvalue weighted by Gasteiger charge is -2.19. The summed E-state index contributed by atoms with van der Waals surface area (Å²) in [6, 6.07) is 24.7. The van der Waals surface area contributed by atoms with Gasteiger partial charge in [-0.25, -0.2) is 0 Å². The zero-order valence-electron chi connectivity index (χ0n) is 28.0. The second-order valence-corrected chi connectivity index (χ2v) is 12.5. The van der Waals surface area contributed by atoms with Crippen LogP contribution in [0.15, 0.2) is 78.9 Å². The minimum atomic E-state index is -0.651. The molecule has 45 heavy (non-hydrogen) atoms.